The Balaban J connectivity index is 1.72. The maximum absolute atomic E-state index is 9.15. The summed E-state index contributed by atoms with van der Waals surface area (Å²) in [5.74, 6) is 1.69. The van der Waals surface area contributed by atoms with Crippen LogP contribution in [0, 0.1) is 13.8 Å². The summed E-state index contributed by atoms with van der Waals surface area (Å²) in [6, 6.07) is 2.37. The van der Waals surface area contributed by atoms with Crippen molar-refractivity contribution in [3.63, 3.8) is 0 Å². The predicted octanol–water partition coefficient (Wildman–Crippen LogP) is 2.58. The summed E-state index contributed by atoms with van der Waals surface area (Å²) in [4.78, 5) is 20.4. The number of nitrogens with one attached hydrogen (secondary N) is 1. The highest BCUT2D eigenvalue weighted by Crippen LogP contribution is 2.32. The highest BCUT2D eigenvalue weighted by molar-refractivity contribution is 5.52. The van der Waals surface area contributed by atoms with Gasteiger partial charge in [-0.2, -0.15) is 0 Å². The van der Waals surface area contributed by atoms with Crippen molar-refractivity contribution >= 4 is 11.8 Å². The van der Waals surface area contributed by atoms with Gasteiger partial charge in [0.25, 0.3) is 0 Å². The van der Waals surface area contributed by atoms with E-state index in [4.69, 9.17) is 5.11 Å². The Bertz CT molecular complexity index is 709. The van der Waals surface area contributed by atoms with Crippen molar-refractivity contribution in [2.45, 2.75) is 52.0 Å². The van der Waals surface area contributed by atoms with Crippen LogP contribution in [-0.2, 0) is 0 Å². The summed E-state index contributed by atoms with van der Waals surface area (Å²) in [6.07, 6.45) is 6.36. The van der Waals surface area contributed by atoms with Crippen LogP contribution in [0.3, 0.4) is 0 Å². The molecule has 0 unspecified atom stereocenters. The van der Waals surface area contributed by atoms with Crippen LogP contribution in [-0.4, -0.2) is 55.7 Å². The molecule has 0 bridgehead atoms. The molecule has 1 atom stereocenters. The third kappa shape index (κ3) is 4.53. The van der Waals surface area contributed by atoms with E-state index in [0.717, 1.165) is 55.3 Å². The molecule has 140 valence electrons. The van der Waals surface area contributed by atoms with Crippen LogP contribution in [0.5, 0.6) is 0 Å². The highest BCUT2D eigenvalue weighted by atomic mass is 16.3. The average Bonchev–Trinajstić information content (AvgIpc) is 2.62. The van der Waals surface area contributed by atoms with Crippen molar-refractivity contribution in [3.05, 3.63) is 35.5 Å². The Kier molecular flexibility index (Phi) is 6.11. The van der Waals surface area contributed by atoms with E-state index in [-0.39, 0.29) is 6.61 Å². The average molecular weight is 356 g/mol. The lowest BCUT2D eigenvalue weighted by atomic mass is 9.92. The van der Waals surface area contributed by atoms with E-state index in [1.165, 1.54) is 0 Å². The summed E-state index contributed by atoms with van der Waals surface area (Å²) < 4.78 is 0. The first-order valence-electron chi connectivity index (χ1n) is 9.32. The molecule has 7 heteroatoms. The summed E-state index contributed by atoms with van der Waals surface area (Å²) in [7, 11) is 0. The minimum atomic E-state index is 0.245. The fourth-order valence-electron chi connectivity index (χ4n) is 3.61. The number of aliphatic hydroxyl groups is 1. The van der Waals surface area contributed by atoms with E-state index in [1.54, 1.807) is 12.4 Å². The molecular weight excluding hydrogens is 328 g/mol. The Morgan fingerprint density at radius 2 is 1.81 bits per heavy atom. The molecule has 1 saturated heterocycles. The molecule has 26 heavy (non-hydrogen) atoms. The van der Waals surface area contributed by atoms with Gasteiger partial charge in [0.1, 0.15) is 0 Å². The van der Waals surface area contributed by atoms with E-state index >= 15 is 0 Å². The minimum Gasteiger partial charge on any atom is -0.396 e. The number of aromatic nitrogens is 4. The van der Waals surface area contributed by atoms with Gasteiger partial charge in [0.2, 0.25) is 5.95 Å². The molecule has 1 aliphatic rings. The maximum Gasteiger partial charge on any atom is 0.228 e. The van der Waals surface area contributed by atoms with Crippen LogP contribution in [0.25, 0.3) is 0 Å². The smallest absolute Gasteiger partial charge is 0.228 e. The number of aryl methyl sites for hydroxylation is 2. The molecule has 1 fully saturated rings. The second-order valence-electron chi connectivity index (χ2n) is 7.06. The lowest BCUT2D eigenvalue weighted by molar-refractivity contribution is 0.135. The number of likely N-dealkylation sites (tertiary alicyclic amines) is 1. The van der Waals surface area contributed by atoms with Gasteiger partial charge in [-0.1, -0.05) is 0 Å². The first-order valence-corrected chi connectivity index (χ1v) is 9.32. The van der Waals surface area contributed by atoms with Crippen molar-refractivity contribution in [3.8, 4) is 0 Å². The number of hydrogen-bond acceptors (Lipinski definition) is 7. The molecule has 0 saturated carbocycles. The normalized spacial score (nSPS) is 17.2. The summed E-state index contributed by atoms with van der Waals surface area (Å²) in [5, 5.41) is 12.4. The van der Waals surface area contributed by atoms with E-state index in [0.29, 0.717) is 17.9 Å². The first kappa shape index (κ1) is 18.7. The van der Waals surface area contributed by atoms with Crippen LogP contribution in [0.15, 0.2) is 18.5 Å². The Morgan fingerprint density at radius 3 is 2.46 bits per heavy atom. The van der Waals surface area contributed by atoms with Crippen LogP contribution in [0.4, 0.5) is 11.8 Å². The van der Waals surface area contributed by atoms with Gasteiger partial charge in [0.15, 0.2) is 5.82 Å². The minimum absolute atomic E-state index is 0.245. The molecule has 3 heterocycles. The van der Waals surface area contributed by atoms with Crippen LogP contribution < -0.4 is 5.32 Å². The standard InChI is InChI=1S/C19H28N6O/c1-13-12-14(2)23-19(22-13)24-18-17(20-7-8-21-18)16-4-9-25(10-5-16)15(3)6-11-26/h7-8,12,15-16,26H,4-6,9-11H2,1-3H3,(H,21,22,23,24)/t15-/m1/s1. The van der Waals surface area contributed by atoms with Crippen LogP contribution >= 0.6 is 0 Å². The van der Waals surface area contributed by atoms with Gasteiger partial charge in [0, 0.05) is 42.3 Å². The third-order valence-electron chi connectivity index (χ3n) is 5.03. The van der Waals surface area contributed by atoms with E-state index in [1.807, 2.05) is 19.9 Å². The predicted molar refractivity (Wildman–Crippen MR) is 102 cm³/mol. The summed E-state index contributed by atoms with van der Waals surface area (Å²) >= 11 is 0. The number of hydrogen-bond donors (Lipinski definition) is 2. The monoisotopic (exact) mass is 356 g/mol. The molecule has 2 N–H and O–H groups in total. The fourth-order valence-corrected chi connectivity index (χ4v) is 3.61. The highest BCUT2D eigenvalue weighted by Gasteiger charge is 2.26. The molecule has 2 aromatic rings. The second kappa shape index (κ2) is 8.51. The van der Waals surface area contributed by atoms with Crippen molar-refractivity contribution in [2.75, 3.05) is 25.0 Å². The largest absolute Gasteiger partial charge is 0.396 e. The quantitative estimate of drug-likeness (QED) is 0.822. The van der Waals surface area contributed by atoms with Gasteiger partial charge < -0.3 is 15.3 Å². The van der Waals surface area contributed by atoms with Gasteiger partial charge in [-0.25, -0.2) is 15.0 Å². The lowest BCUT2D eigenvalue weighted by Crippen LogP contribution is -2.40. The van der Waals surface area contributed by atoms with Gasteiger partial charge >= 0.3 is 0 Å². The zero-order valence-corrected chi connectivity index (χ0v) is 15.8. The maximum atomic E-state index is 9.15. The number of aliphatic hydroxyl groups excluding tert-OH is 1. The molecule has 2 aromatic heterocycles. The number of anilines is 2. The van der Waals surface area contributed by atoms with Crippen LogP contribution in [0.1, 0.15) is 49.2 Å². The first-order chi connectivity index (χ1) is 12.6. The molecular formula is C19H28N6O. The Morgan fingerprint density at radius 1 is 1.15 bits per heavy atom. The fraction of sp³-hybridized carbons (Fsp3) is 0.579. The second-order valence-corrected chi connectivity index (χ2v) is 7.06. The van der Waals surface area contributed by atoms with Crippen molar-refractivity contribution in [1.29, 1.82) is 0 Å². The molecule has 3 rings (SSSR count). The number of piperidine rings is 1. The summed E-state index contributed by atoms with van der Waals surface area (Å²) in [5.41, 5.74) is 2.85. The van der Waals surface area contributed by atoms with Crippen molar-refractivity contribution in [1.82, 2.24) is 24.8 Å². The molecule has 0 aromatic carbocycles. The summed E-state index contributed by atoms with van der Waals surface area (Å²) in [6.45, 7) is 8.38. The molecule has 0 aliphatic carbocycles. The van der Waals surface area contributed by atoms with Crippen molar-refractivity contribution < 1.29 is 5.11 Å². The van der Waals surface area contributed by atoms with E-state index in [9.17, 15) is 0 Å². The molecule has 0 spiro atoms. The van der Waals surface area contributed by atoms with E-state index < -0.39 is 0 Å². The third-order valence-corrected chi connectivity index (χ3v) is 5.03. The zero-order chi connectivity index (χ0) is 18.5. The van der Waals surface area contributed by atoms with Gasteiger partial charge in [0.05, 0.1) is 5.69 Å². The molecule has 7 nitrogen and oxygen atoms in total. The van der Waals surface area contributed by atoms with Gasteiger partial charge in [-0.15, -0.1) is 0 Å². The van der Waals surface area contributed by atoms with Crippen molar-refractivity contribution in [2.24, 2.45) is 0 Å². The Labute approximate surface area is 154 Å². The number of nitrogens with zero attached hydrogens (tertiary/aromatic N) is 5. The zero-order valence-electron chi connectivity index (χ0n) is 15.8. The van der Waals surface area contributed by atoms with Gasteiger partial charge in [-0.05, 0) is 59.2 Å². The molecule has 0 amide bonds. The van der Waals surface area contributed by atoms with Gasteiger partial charge in [-0.3, -0.25) is 4.98 Å². The lowest BCUT2D eigenvalue weighted by Gasteiger charge is -2.36. The Hall–Kier alpha value is -2.12. The molecule has 1 aliphatic heterocycles. The van der Waals surface area contributed by atoms with E-state index in [2.05, 4.69) is 37.1 Å². The number of rotatable bonds is 6. The topological polar surface area (TPSA) is 87.1 Å². The molecule has 0 radical (unpaired) electrons. The van der Waals surface area contributed by atoms with Crippen LogP contribution in [0.2, 0.25) is 0 Å². The SMILES string of the molecule is Cc1cc(C)nc(Nc2nccnc2C2CCN([C@H](C)CCO)CC2)n1.